The molecule has 2 aromatic rings. The van der Waals surface area contributed by atoms with Crippen LogP contribution < -0.4 is 4.90 Å². The van der Waals surface area contributed by atoms with Gasteiger partial charge in [-0.3, -0.25) is 4.90 Å². The quantitative estimate of drug-likeness (QED) is 0.855. The Bertz CT molecular complexity index is 718. The molecule has 0 spiro atoms. The van der Waals surface area contributed by atoms with Crippen molar-refractivity contribution in [3.05, 3.63) is 52.3 Å². The van der Waals surface area contributed by atoms with Crippen LogP contribution in [0.15, 0.2) is 30.5 Å². The minimum absolute atomic E-state index is 0.756. The van der Waals surface area contributed by atoms with E-state index in [1.165, 1.54) is 16.8 Å². The number of aromatic nitrogens is 2. The SMILES string of the molecule is Clc1ccccc1CN1CCc2nc(N3CCOCC3)ncc2C1. The molecular formula is C18H21ClN4O. The van der Waals surface area contributed by atoms with Gasteiger partial charge in [0.15, 0.2) is 0 Å². The maximum absolute atomic E-state index is 6.28. The molecule has 24 heavy (non-hydrogen) atoms. The highest BCUT2D eigenvalue weighted by Gasteiger charge is 2.21. The molecule has 0 aliphatic carbocycles. The van der Waals surface area contributed by atoms with Crippen LogP contribution in [0.25, 0.3) is 0 Å². The zero-order chi connectivity index (χ0) is 16.4. The standard InChI is InChI=1S/C18H21ClN4O/c19-16-4-2-1-3-14(16)12-22-6-5-17-15(13-22)11-20-18(21-17)23-7-9-24-10-8-23/h1-4,11H,5-10,12-13H2. The van der Waals surface area contributed by atoms with Crippen LogP contribution in [0, 0.1) is 0 Å². The molecule has 1 saturated heterocycles. The molecule has 0 bridgehead atoms. The van der Waals surface area contributed by atoms with Crippen molar-refractivity contribution < 1.29 is 4.74 Å². The van der Waals surface area contributed by atoms with Crippen molar-refractivity contribution in [2.75, 3.05) is 37.7 Å². The van der Waals surface area contributed by atoms with Crippen LogP contribution in [0.2, 0.25) is 5.02 Å². The first-order valence-electron chi connectivity index (χ1n) is 8.43. The summed E-state index contributed by atoms with van der Waals surface area (Å²) in [6.45, 7) is 6.00. The number of anilines is 1. The summed E-state index contributed by atoms with van der Waals surface area (Å²) in [5, 5.41) is 0.835. The average molecular weight is 345 g/mol. The second-order valence-electron chi connectivity index (χ2n) is 6.29. The van der Waals surface area contributed by atoms with E-state index in [-0.39, 0.29) is 0 Å². The third-order valence-corrected chi connectivity index (χ3v) is 5.01. The number of fused-ring (bicyclic) bond motifs is 1. The van der Waals surface area contributed by atoms with Gasteiger partial charge >= 0.3 is 0 Å². The van der Waals surface area contributed by atoms with Crippen molar-refractivity contribution in [2.45, 2.75) is 19.5 Å². The number of nitrogens with zero attached hydrogens (tertiary/aromatic N) is 4. The second-order valence-corrected chi connectivity index (χ2v) is 6.70. The Labute approximate surface area is 147 Å². The van der Waals surface area contributed by atoms with Crippen molar-refractivity contribution in [3.63, 3.8) is 0 Å². The van der Waals surface area contributed by atoms with E-state index >= 15 is 0 Å². The molecule has 6 heteroatoms. The van der Waals surface area contributed by atoms with Crippen LogP contribution in [-0.2, 0) is 24.2 Å². The lowest BCUT2D eigenvalue weighted by Crippen LogP contribution is -2.38. The van der Waals surface area contributed by atoms with Gasteiger partial charge in [0.05, 0.1) is 18.9 Å². The first kappa shape index (κ1) is 15.8. The van der Waals surface area contributed by atoms with Crippen LogP contribution in [0.3, 0.4) is 0 Å². The van der Waals surface area contributed by atoms with E-state index in [2.05, 4.69) is 20.9 Å². The van der Waals surface area contributed by atoms with Gasteiger partial charge < -0.3 is 9.64 Å². The van der Waals surface area contributed by atoms with Crippen LogP contribution in [0.4, 0.5) is 5.95 Å². The van der Waals surface area contributed by atoms with Crippen molar-refractivity contribution in [2.24, 2.45) is 0 Å². The molecule has 0 unspecified atom stereocenters. The highest BCUT2D eigenvalue weighted by molar-refractivity contribution is 6.31. The van der Waals surface area contributed by atoms with Gasteiger partial charge in [-0.2, -0.15) is 0 Å². The highest BCUT2D eigenvalue weighted by Crippen LogP contribution is 2.23. The van der Waals surface area contributed by atoms with Crippen LogP contribution in [0.1, 0.15) is 16.8 Å². The van der Waals surface area contributed by atoms with Crippen molar-refractivity contribution in [3.8, 4) is 0 Å². The summed E-state index contributed by atoms with van der Waals surface area (Å²) in [5.41, 5.74) is 3.58. The Kier molecular flexibility index (Phi) is 4.65. The number of halogens is 1. The van der Waals surface area contributed by atoms with Crippen molar-refractivity contribution in [1.82, 2.24) is 14.9 Å². The molecule has 3 heterocycles. The molecule has 1 fully saturated rings. The zero-order valence-electron chi connectivity index (χ0n) is 13.6. The molecule has 2 aliphatic heterocycles. The second kappa shape index (κ2) is 7.05. The molecule has 1 aromatic heterocycles. The number of rotatable bonds is 3. The summed E-state index contributed by atoms with van der Waals surface area (Å²) >= 11 is 6.28. The number of hydrogen-bond acceptors (Lipinski definition) is 5. The van der Waals surface area contributed by atoms with E-state index in [0.29, 0.717) is 0 Å². The Morgan fingerprint density at radius 1 is 1.12 bits per heavy atom. The minimum Gasteiger partial charge on any atom is -0.378 e. The number of hydrogen-bond donors (Lipinski definition) is 0. The lowest BCUT2D eigenvalue weighted by atomic mass is 10.1. The fourth-order valence-corrected chi connectivity index (χ4v) is 3.48. The van der Waals surface area contributed by atoms with Crippen LogP contribution in [-0.4, -0.2) is 47.7 Å². The van der Waals surface area contributed by atoms with E-state index in [0.717, 1.165) is 63.3 Å². The maximum atomic E-state index is 6.28. The first-order chi connectivity index (χ1) is 11.8. The Morgan fingerprint density at radius 3 is 2.79 bits per heavy atom. The fourth-order valence-electron chi connectivity index (χ4n) is 3.28. The monoisotopic (exact) mass is 344 g/mol. The molecule has 126 valence electrons. The third-order valence-electron chi connectivity index (χ3n) is 4.65. The Morgan fingerprint density at radius 2 is 1.96 bits per heavy atom. The highest BCUT2D eigenvalue weighted by atomic mass is 35.5. The molecule has 0 N–H and O–H groups in total. The van der Waals surface area contributed by atoms with Crippen LogP contribution in [0.5, 0.6) is 0 Å². The van der Waals surface area contributed by atoms with Crippen molar-refractivity contribution >= 4 is 17.5 Å². The lowest BCUT2D eigenvalue weighted by Gasteiger charge is -2.30. The van der Waals surface area contributed by atoms with E-state index in [1.54, 1.807) is 0 Å². The summed E-state index contributed by atoms with van der Waals surface area (Å²) in [6, 6.07) is 8.05. The zero-order valence-corrected chi connectivity index (χ0v) is 14.4. The number of benzene rings is 1. The summed E-state index contributed by atoms with van der Waals surface area (Å²) in [6.07, 6.45) is 2.95. The molecule has 5 nitrogen and oxygen atoms in total. The summed E-state index contributed by atoms with van der Waals surface area (Å²) in [4.78, 5) is 14.0. The van der Waals surface area contributed by atoms with Gasteiger partial charge in [0.1, 0.15) is 0 Å². The molecule has 0 radical (unpaired) electrons. The third kappa shape index (κ3) is 3.38. The number of morpholine rings is 1. The van der Waals surface area contributed by atoms with Gasteiger partial charge in [0, 0.05) is 55.9 Å². The largest absolute Gasteiger partial charge is 0.378 e. The lowest BCUT2D eigenvalue weighted by molar-refractivity contribution is 0.122. The molecule has 0 saturated carbocycles. The van der Waals surface area contributed by atoms with Crippen molar-refractivity contribution in [1.29, 1.82) is 0 Å². The number of ether oxygens (including phenoxy) is 1. The van der Waals surface area contributed by atoms with Gasteiger partial charge in [-0.25, -0.2) is 9.97 Å². The molecule has 0 atom stereocenters. The predicted molar refractivity (Wildman–Crippen MR) is 94.3 cm³/mol. The molecule has 1 aromatic carbocycles. The van der Waals surface area contributed by atoms with Gasteiger partial charge in [-0.15, -0.1) is 0 Å². The van der Waals surface area contributed by atoms with Gasteiger partial charge in [-0.1, -0.05) is 29.8 Å². The van der Waals surface area contributed by atoms with Gasteiger partial charge in [-0.05, 0) is 11.6 Å². The van der Waals surface area contributed by atoms with E-state index in [1.807, 2.05) is 24.4 Å². The smallest absolute Gasteiger partial charge is 0.225 e. The van der Waals surface area contributed by atoms with Gasteiger partial charge in [0.25, 0.3) is 0 Å². The Hall–Kier alpha value is -1.69. The Balaban J connectivity index is 1.46. The summed E-state index contributed by atoms with van der Waals surface area (Å²) in [5.74, 6) is 0.844. The fraction of sp³-hybridized carbons (Fsp3) is 0.444. The van der Waals surface area contributed by atoms with E-state index < -0.39 is 0 Å². The first-order valence-corrected chi connectivity index (χ1v) is 8.80. The van der Waals surface area contributed by atoms with E-state index in [9.17, 15) is 0 Å². The molecule has 2 aliphatic rings. The minimum atomic E-state index is 0.756. The van der Waals surface area contributed by atoms with Gasteiger partial charge in [0.2, 0.25) is 5.95 Å². The summed E-state index contributed by atoms with van der Waals surface area (Å²) in [7, 11) is 0. The molecular weight excluding hydrogens is 324 g/mol. The van der Waals surface area contributed by atoms with E-state index in [4.69, 9.17) is 21.3 Å². The average Bonchev–Trinajstić information content (AvgIpc) is 2.64. The predicted octanol–water partition coefficient (Wildman–Crippen LogP) is 2.52. The molecule has 4 rings (SSSR count). The topological polar surface area (TPSA) is 41.5 Å². The maximum Gasteiger partial charge on any atom is 0.225 e. The van der Waals surface area contributed by atoms with Crippen LogP contribution >= 0.6 is 11.6 Å². The normalized spacial score (nSPS) is 18.5. The molecule has 0 amide bonds. The summed E-state index contributed by atoms with van der Waals surface area (Å²) < 4.78 is 5.40.